The van der Waals surface area contributed by atoms with Crippen molar-refractivity contribution in [1.29, 1.82) is 0 Å². The van der Waals surface area contributed by atoms with Gasteiger partial charge in [0.15, 0.2) is 0 Å². The van der Waals surface area contributed by atoms with E-state index in [2.05, 4.69) is 10.6 Å². The fourth-order valence-electron chi connectivity index (χ4n) is 2.06. The first-order valence-electron chi connectivity index (χ1n) is 6.71. The van der Waals surface area contributed by atoms with Crippen LogP contribution in [-0.4, -0.2) is 50.6 Å². The van der Waals surface area contributed by atoms with Gasteiger partial charge in [-0.1, -0.05) is 17.7 Å². The van der Waals surface area contributed by atoms with Crippen molar-refractivity contribution in [1.82, 2.24) is 9.62 Å². The van der Waals surface area contributed by atoms with E-state index < -0.39 is 10.0 Å². The van der Waals surface area contributed by atoms with Gasteiger partial charge >= 0.3 is 0 Å². The molecule has 1 aromatic carbocycles. The summed E-state index contributed by atoms with van der Waals surface area (Å²) in [6.07, 6.45) is -0.0707. The summed E-state index contributed by atoms with van der Waals surface area (Å²) in [5.41, 5.74) is 0.562. The number of carbonyl (C=O) groups excluding carboxylic acids is 1. The van der Waals surface area contributed by atoms with Crippen molar-refractivity contribution < 1.29 is 13.2 Å². The van der Waals surface area contributed by atoms with E-state index in [0.717, 1.165) is 0 Å². The quantitative estimate of drug-likeness (QED) is 0.840. The molecule has 1 saturated heterocycles. The van der Waals surface area contributed by atoms with Gasteiger partial charge in [-0.2, -0.15) is 4.31 Å². The average Bonchev–Trinajstić information content (AvgIpc) is 2.46. The van der Waals surface area contributed by atoms with E-state index >= 15 is 0 Å². The minimum Gasteiger partial charge on any atom is -0.326 e. The summed E-state index contributed by atoms with van der Waals surface area (Å²) in [5.74, 6) is -0.518. The van der Waals surface area contributed by atoms with Gasteiger partial charge in [0.1, 0.15) is 0 Å². The molecule has 8 heteroatoms. The fraction of sp³-hybridized carbons (Fsp3) is 0.462. The number of hydrogen-bond acceptors (Lipinski definition) is 4. The first-order valence-corrected chi connectivity index (χ1v) is 8.70. The second-order valence-corrected chi connectivity index (χ2v) is 7.30. The maximum absolute atomic E-state index is 12.1. The van der Waals surface area contributed by atoms with E-state index in [4.69, 9.17) is 11.6 Å². The van der Waals surface area contributed by atoms with E-state index in [1.54, 1.807) is 24.3 Å². The lowest BCUT2D eigenvalue weighted by molar-refractivity contribution is -0.115. The summed E-state index contributed by atoms with van der Waals surface area (Å²) in [4.78, 5) is 11.8. The Morgan fingerprint density at radius 1 is 1.33 bits per heavy atom. The predicted octanol–water partition coefficient (Wildman–Crippen LogP) is 0.904. The Balaban J connectivity index is 1.85. The number of anilines is 1. The number of nitrogens with zero attached hydrogens (tertiary/aromatic N) is 1. The van der Waals surface area contributed by atoms with Crippen LogP contribution in [0.1, 0.15) is 6.42 Å². The van der Waals surface area contributed by atoms with Crippen molar-refractivity contribution in [3.63, 3.8) is 0 Å². The number of benzene rings is 1. The van der Waals surface area contributed by atoms with Gasteiger partial charge in [-0.3, -0.25) is 4.79 Å². The Bertz CT molecular complexity index is 600. The largest absolute Gasteiger partial charge is 0.326 e. The molecule has 1 aromatic rings. The van der Waals surface area contributed by atoms with E-state index in [1.165, 1.54) is 4.31 Å². The molecule has 1 aliphatic heterocycles. The highest BCUT2D eigenvalue weighted by atomic mass is 35.5. The lowest BCUT2D eigenvalue weighted by Gasteiger charge is -2.26. The Kier molecular flexibility index (Phi) is 5.58. The molecule has 0 aliphatic carbocycles. The smallest absolute Gasteiger partial charge is 0.225 e. The lowest BCUT2D eigenvalue weighted by Crippen LogP contribution is -2.47. The van der Waals surface area contributed by atoms with Crippen molar-refractivity contribution >= 4 is 33.2 Å². The molecule has 6 nitrogen and oxygen atoms in total. The van der Waals surface area contributed by atoms with Gasteiger partial charge in [0.2, 0.25) is 15.9 Å². The number of carbonyl (C=O) groups is 1. The third-order valence-electron chi connectivity index (χ3n) is 3.16. The highest BCUT2D eigenvalue weighted by Gasteiger charge is 2.24. The average molecular weight is 332 g/mol. The van der Waals surface area contributed by atoms with Gasteiger partial charge in [-0.25, -0.2) is 8.42 Å². The summed E-state index contributed by atoms with van der Waals surface area (Å²) < 4.78 is 25.6. The third kappa shape index (κ3) is 4.96. The molecule has 0 atom stereocenters. The molecule has 0 unspecified atom stereocenters. The number of piperazine rings is 1. The molecule has 0 aromatic heterocycles. The van der Waals surface area contributed by atoms with Crippen LogP contribution >= 0.6 is 11.6 Å². The van der Waals surface area contributed by atoms with Crippen molar-refractivity contribution in [3.8, 4) is 0 Å². The molecule has 1 aliphatic rings. The van der Waals surface area contributed by atoms with Gasteiger partial charge < -0.3 is 10.6 Å². The molecule has 2 rings (SSSR count). The zero-order valence-electron chi connectivity index (χ0n) is 11.5. The van der Waals surface area contributed by atoms with Crippen LogP contribution in [0.25, 0.3) is 0 Å². The molecular formula is C13H18ClN3O3S. The molecule has 21 heavy (non-hydrogen) atoms. The lowest BCUT2D eigenvalue weighted by atomic mass is 10.3. The first kappa shape index (κ1) is 16.2. The Hall–Kier alpha value is -1.15. The summed E-state index contributed by atoms with van der Waals surface area (Å²) in [7, 11) is -3.37. The maximum Gasteiger partial charge on any atom is 0.225 e. The second-order valence-electron chi connectivity index (χ2n) is 4.77. The zero-order valence-corrected chi connectivity index (χ0v) is 13.1. The molecule has 116 valence electrons. The first-order chi connectivity index (χ1) is 9.97. The molecule has 0 spiro atoms. The van der Waals surface area contributed by atoms with E-state index in [9.17, 15) is 13.2 Å². The molecule has 1 heterocycles. The Morgan fingerprint density at radius 2 is 2.05 bits per heavy atom. The van der Waals surface area contributed by atoms with Gasteiger partial charge in [0, 0.05) is 43.3 Å². The summed E-state index contributed by atoms with van der Waals surface area (Å²) in [6, 6.07) is 6.74. The van der Waals surface area contributed by atoms with Crippen LogP contribution in [0.15, 0.2) is 24.3 Å². The Morgan fingerprint density at radius 3 is 2.71 bits per heavy atom. The van der Waals surface area contributed by atoms with Crippen molar-refractivity contribution in [2.45, 2.75) is 6.42 Å². The summed E-state index contributed by atoms with van der Waals surface area (Å²) in [6.45, 7) is 2.21. The van der Waals surface area contributed by atoms with Crippen LogP contribution in [0.4, 0.5) is 5.69 Å². The minimum atomic E-state index is -3.37. The normalized spacial score (nSPS) is 16.6. The van der Waals surface area contributed by atoms with E-state index in [0.29, 0.717) is 36.9 Å². The minimum absolute atomic E-state index is 0.0707. The van der Waals surface area contributed by atoms with Gasteiger partial charge in [0.05, 0.1) is 5.75 Å². The maximum atomic E-state index is 12.1. The standard InChI is InChI=1S/C13H18ClN3O3S/c14-11-2-1-3-12(10-11)16-13(18)4-9-21(19,20)17-7-5-15-6-8-17/h1-3,10,15H,4-9H2,(H,16,18). The van der Waals surface area contributed by atoms with Crippen LogP contribution in [-0.2, 0) is 14.8 Å². The summed E-state index contributed by atoms with van der Waals surface area (Å²) >= 11 is 5.82. The molecule has 0 bridgehead atoms. The molecule has 1 amide bonds. The molecule has 1 fully saturated rings. The molecule has 0 radical (unpaired) electrons. The number of amides is 1. The topological polar surface area (TPSA) is 78.5 Å². The second kappa shape index (κ2) is 7.22. The number of hydrogen-bond donors (Lipinski definition) is 2. The third-order valence-corrected chi connectivity index (χ3v) is 5.27. The predicted molar refractivity (Wildman–Crippen MR) is 82.9 cm³/mol. The summed E-state index contributed by atoms with van der Waals surface area (Å²) in [5, 5.41) is 6.25. The Labute approximate surface area is 129 Å². The fourth-order valence-corrected chi connectivity index (χ4v) is 3.69. The van der Waals surface area contributed by atoms with Crippen LogP contribution < -0.4 is 10.6 Å². The van der Waals surface area contributed by atoms with Crippen molar-refractivity contribution in [2.75, 3.05) is 37.2 Å². The number of nitrogens with one attached hydrogen (secondary N) is 2. The van der Waals surface area contributed by atoms with Crippen molar-refractivity contribution in [2.24, 2.45) is 0 Å². The monoisotopic (exact) mass is 331 g/mol. The van der Waals surface area contributed by atoms with Gasteiger partial charge in [-0.05, 0) is 18.2 Å². The zero-order chi connectivity index (χ0) is 15.3. The van der Waals surface area contributed by atoms with Crippen LogP contribution in [0.2, 0.25) is 5.02 Å². The van der Waals surface area contributed by atoms with Crippen LogP contribution in [0.3, 0.4) is 0 Å². The number of rotatable bonds is 5. The van der Waals surface area contributed by atoms with Crippen LogP contribution in [0.5, 0.6) is 0 Å². The van der Waals surface area contributed by atoms with Gasteiger partial charge in [-0.15, -0.1) is 0 Å². The van der Waals surface area contributed by atoms with Crippen molar-refractivity contribution in [3.05, 3.63) is 29.3 Å². The molecule has 0 saturated carbocycles. The van der Waals surface area contributed by atoms with Crippen LogP contribution in [0, 0.1) is 0 Å². The van der Waals surface area contributed by atoms with E-state index in [-0.39, 0.29) is 18.1 Å². The highest BCUT2D eigenvalue weighted by molar-refractivity contribution is 7.89. The van der Waals surface area contributed by atoms with Gasteiger partial charge in [0.25, 0.3) is 0 Å². The molecular weight excluding hydrogens is 314 g/mol. The highest BCUT2D eigenvalue weighted by Crippen LogP contribution is 2.15. The number of halogens is 1. The molecule has 2 N–H and O–H groups in total. The van der Waals surface area contributed by atoms with E-state index in [1.807, 2.05) is 0 Å². The number of sulfonamides is 1. The SMILES string of the molecule is O=C(CCS(=O)(=O)N1CCNCC1)Nc1cccc(Cl)c1.